The Bertz CT molecular complexity index is 1420. The van der Waals surface area contributed by atoms with Crippen LogP contribution in [0.3, 0.4) is 0 Å². The fourth-order valence-corrected chi connectivity index (χ4v) is 3.89. The highest BCUT2D eigenvalue weighted by Crippen LogP contribution is 2.41. The molecule has 0 bridgehead atoms. The van der Waals surface area contributed by atoms with Crippen LogP contribution in [0.4, 0.5) is 0 Å². The number of aryl methyl sites for hydroxylation is 1. The molecule has 0 aliphatic rings. The molecular formula is C25H25ClN4O7. The fraction of sp³-hybridized carbons (Fsp3) is 0.280. The summed E-state index contributed by atoms with van der Waals surface area (Å²) >= 11 is 6.21. The summed E-state index contributed by atoms with van der Waals surface area (Å²) in [5, 5.41) is 8.46. The Hall–Kier alpha value is -4.25. The largest absolute Gasteiger partial charge is 0.495 e. The van der Waals surface area contributed by atoms with E-state index in [4.69, 9.17) is 39.7 Å². The highest BCUT2D eigenvalue weighted by atomic mass is 35.5. The van der Waals surface area contributed by atoms with Gasteiger partial charge in [0.05, 0.1) is 44.8 Å². The number of benzene rings is 2. The van der Waals surface area contributed by atoms with Crippen molar-refractivity contribution in [1.29, 1.82) is 0 Å². The lowest BCUT2D eigenvalue weighted by Gasteiger charge is -2.12. The summed E-state index contributed by atoms with van der Waals surface area (Å²) < 4.78 is 34.1. The van der Waals surface area contributed by atoms with Crippen molar-refractivity contribution in [3.8, 4) is 40.1 Å². The molecule has 4 rings (SSSR count). The van der Waals surface area contributed by atoms with E-state index in [2.05, 4.69) is 15.3 Å². The van der Waals surface area contributed by atoms with Gasteiger partial charge in [-0.2, -0.15) is 0 Å². The lowest BCUT2D eigenvalue weighted by Crippen LogP contribution is -2.09. The quantitative estimate of drug-likeness (QED) is 0.285. The number of hydrogen-bond donors (Lipinski definition) is 0. The Morgan fingerprint density at radius 1 is 0.973 bits per heavy atom. The van der Waals surface area contributed by atoms with Crippen molar-refractivity contribution >= 4 is 17.6 Å². The average molecular weight is 529 g/mol. The molecule has 0 atom stereocenters. The van der Waals surface area contributed by atoms with Crippen molar-refractivity contribution in [3.63, 3.8) is 0 Å². The van der Waals surface area contributed by atoms with Crippen LogP contribution in [0, 0.1) is 13.8 Å². The molecular weight excluding hydrogens is 504 g/mol. The maximum Gasteiger partial charge on any atom is 0.361 e. The van der Waals surface area contributed by atoms with Gasteiger partial charge in [-0.15, -0.1) is 5.10 Å². The molecule has 0 saturated carbocycles. The molecule has 0 aliphatic carbocycles. The maximum atomic E-state index is 12.8. The Morgan fingerprint density at radius 2 is 1.65 bits per heavy atom. The summed E-state index contributed by atoms with van der Waals surface area (Å²) in [7, 11) is 6.09. The molecule has 12 heteroatoms. The fourth-order valence-electron chi connectivity index (χ4n) is 3.64. The zero-order valence-electron chi connectivity index (χ0n) is 21.1. The highest BCUT2D eigenvalue weighted by Gasteiger charge is 2.22. The summed E-state index contributed by atoms with van der Waals surface area (Å²) in [6, 6.07) is 8.56. The van der Waals surface area contributed by atoms with Crippen LogP contribution in [-0.4, -0.2) is 54.4 Å². The summed E-state index contributed by atoms with van der Waals surface area (Å²) in [5.74, 6) is 2.03. The Kier molecular flexibility index (Phi) is 7.53. The van der Waals surface area contributed by atoms with Crippen molar-refractivity contribution < 1.29 is 32.9 Å². The molecule has 0 aliphatic heterocycles. The lowest BCUT2D eigenvalue weighted by molar-refractivity contribution is 0.0459. The highest BCUT2D eigenvalue weighted by molar-refractivity contribution is 6.32. The number of carbonyl (C=O) groups excluding carboxylic acids is 1. The molecule has 0 fully saturated rings. The number of halogens is 1. The number of oxazole rings is 1. The predicted molar refractivity (Wildman–Crippen MR) is 133 cm³/mol. The van der Waals surface area contributed by atoms with E-state index in [9.17, 15) is 4.79 Å². The third kappa shape index (κ3) is 5.03. The Labute approximate surface area is 217 Å². The van der Waals surface area contributed by atoms with Gasteiger partial charge in [0.1, 0.15) is 23.8 Å². The first kappa shape index (κ1) is 25.8. The van der Waals surface area contributed by atoms with Gasteiger partial charge in [-0.3, -0.25) is 0 Å². The van der Waals surface area contributed by atoms with Gasteiger partial charge < -0.3 is 28.1 Å². The van der Waals surface area contributed by atoms with Crippen molar-refractivity contribution in [3.05, 3.63) is 58.2 Å². The summed E-state index contributed by atoms with van der Waals surface area (Å²) in [4.78, 5) is 17.3. The second kappa shape index (κ2) is 10.8. The minimum absolute atomic E-state index is 0.0675. The van der Waals surface area contributed by atoms with Gasteiger partial charge in [-0.1, -0.05) is 16.8 Å². The minimum Gasteiger partial charge on any atom is -0.495 e. The zero-order valence-corrected chi connectivity index (χ0v) is 21.9. The van der Waals surface area contributed by atoms with Crippen LogP contribution >= 0.6 is 11.6 Å². The van der Waals surface area contributed by atoms with Crippen LogP contribution in [0.5, 0.6) is 23.0 Å². The predicted octanol–water partition coefficient (Wildman–Crippen LogP) is 4.58. The van der Waals surface area contributed by atoms with E-state index in [1.165, 1.54) is 33.1 Å². The zero-order chi connectivity index (χ0) is 26.7. The van der Waals surface area contributed by atoms with Crippen molar-refractivity contribution in [2.45, 2.75) is 20.5 Å². The first-order valence-electron chi connectivity index (χ1n) is 11.0. The smallest absolute Gasteiger partial charge is 0.361 e. The molecule has 194 valence electrons. The van der Waals surface area contributed by atoms with Gasteiger partial charge in [-0.25, -0.2) is 14.5 Å². The van der Waals surface area contributed by atoms with Crippen molar-refractivity contribution in [2.24, 2.45) is 0 Å². The molecule has 0 N–H and O–H groups in total. The summed E-state index contributed by atoms with van der Waals surface area (Å²) in [5.41, 5.74) is 2.23. The van der Waals surface area contributed by atoms with Crippen LogP contribution in [0.15, 0.2) is 34.7 Å². The topological polar surface area (TPSA) is 120 Å². The van der Waals surface area contributed by atoms with E-state index in [0.717, 1.165) is 0 Å². The van der Waals surface area contributed by atoms with Gasteiger partial charge in [-0.05, 0) is 44.2 Å². The van der Waals surface area contributed by atoms with Gasteiger partial charge in [0.15, 0.2) is 17.2 Å². The Morgan fingerprint density at radius 3 is 2.24 bits per heavy atom. The van der Waals surface area contributed by atoms with Crippen molar-refractivity contribution in [2.75, 3.05) is 28.4 Å². The number of hydrogen-bond acceptors (Lipinski definition) is 10. The van der Waals surface area contributed by atoms with Crippen LogP contribution in [0.25, 0.3) is 17.1 Å². The minimum atomic E-state index is -0.653. The van der Waals surface area contributed by atoms with E-state index < -0.39 is 5.97 Å². The van der Waals surface area contributed by atoms with Crippen molar-refractivity contribution in [1.82, 2.24) is 20.0 Å². The number of esters is 1. The lowest BCUT2D eigenvalue weighted by atomic mass is 10.2. The number of methoxy groups -OCH3 is 4. The molecule has 2 aromatic heterocycles. The first-order chi connectivity index (χ1) is 17.8. The standard InChI is InChI=1S/C25H25ClN4O7/c1-13-22(28-29-30(13)16-7-8-19(32-3)17(26)11-16)25(31)36-12-18-14(2)37-24(27-18)15-9-20(33-4)23(35-6)21(10-15)34-5/h7-11H,12H2,1-6H3. The maximum absolute atomic E-state index is 12.8. The van der Waals surface area contributed by atoms with Crippen LogP contribution in [0.2, 0.25) is 5.02 Å². The first-order valence-corrected chi connectivity index (χ1v) is 11.4. The molecule has 2 heterocycles. The average Bonchev–Trinajstić information content (AvgIpc) is 3.48. The number of aromatic nitrogens is 4. The molecule has 11 nitrogen and oxygen atoms in total. The molecule has 0 radical (unpaired) electrons. The molecule has 2 aromatic carbocycles. The van der Waals surface area contributed by atoms with E-state index in [1.807, 2.05) is 0 Å². The second-order valence-electron chi connectivity index (χ2n) is 7.77. The Balaban J connectivity index is 1.52. The van der Waals surface area contributed by atoms with E-state index >= 15 is 0 Å². The second-order valence-corrected chi connectivity index (χ2v) is 8.17. The van der Waals surface area contributed by atoms with Crippen LogP contribution in [-0.2, 0) is 11.3 Å². The third-order valence-electron chi connectivity index (χ3n) is 5.61. The monoisotopic (exact) mass is 528 g/mol. The van der Waals surface area contributed by atoms with Gasteiger partial charge >= 0.3 is 5.97 Å². The van der Waals surface area contributed by atoms with Crippen LogP contribution in [0.1, 0.15) is 27.6 Å². The summed E-state index contributed by atoms with van der Waals surface area (Å²) in [6.45, 7) is 3.31. The van der Waals surface area contributed by atoms with E-state index in [0.29, 0.717) is 62.3 Å². The van der Waals surface area contributed by atoms with Crippen LogP contribution < -0.4 is 18.9 Å². The van der Waals surface area contributed by atoms with Gasteiger partial charge in [0.25, 0.3) is 0 Å². The number of carbonyl (C=O) groups is 1. The van der Waals surface area contributed by atoms with E-state index in [1.54, 1.807) is 44.2 Å². The van der Waals surface area contributed by atoms with Gasteiger partial charge in [0, 0.05) is 5.56 Å². The number of ether oxygens (including phenoxy) is 5. The molecule has 0 amide bonds. The molecule has 37 heavy (non-hydrogen) atoms. The normalized spacial score (nSPS) is 10.8. The molecule has 0 spiro atoms. The molecule has 0 saturated heterocycles. The van der Waals surface area contributed by atoms with Gasteiger partial charge in [0.2, 0.25) is 11.6 Å². The third-order valence-corrected chi connectivity index (χ3v) is 5.91. The SMILES string of the molecule is COc1ccc(-n2nnc(C(=O)OCc3nc(-c4cc(OC)c(OC)c(OC)c4)oc3C)c2C)cc1Cl. The summed E-state index contributed by atoms with van der Waals surface area (Å²) in [6.07, 6.45) is 0. The number of rotatable bonds is 9. The molecule has 0 unspecified atom stereocenters. The number of nitrogens with zero attached hydrogens (tertiary/aromatic N) is 4. The van der Waals surface area contributed by atoms with E-state index in [-0.39, 0.29) is 12.3 Å². The molecule has 4 aromatic rings.